The Morgan fingerprint density at radius 2 is 2.45 bits per heavy atom. The van der Waals surface area contributed by atoms with Crippen molar-refractivity contribution in [3.8, 4) is 0 Å². The Bertz CT molecular complexity index is 242. The number of aliphatic hydroxyl groups is 1. The summed E-state index contributed by atoms with van der Waals surface area (Å²) in [6, 6.07) is 1.78. The van der Waals surface area contributed by atoms with E-state index in [1.165, 1.54) is 0 Å². The molecule has 4 nitrogen and oxygen atoms in total. The van der Waals surface area contributed by atoms with E-state index in [1.807, 2.05) is 6.92 Å². The molecule has 0 bridgehead atoms. The Hall–Kier alpha value is -1.03. The molecule has 0 saturated heterocycles. The molecule has 1 heterocycles. The fraction of sp³-hybridized carbons (Fsp3) is 0.571. The lowest BCUT2D eigenvalue weighted by molar-refractivity contribution is 0.167. The second-order valence-electron chi connectivity index (χ2n) is 2.74. The molecule has 11 heavy (non-hydrogen) atoms. The van der Waals surface area contributed by atoms with Gasteiger partial charge in [0.15, 0.2) is 0 Å². The monoisotopic (exact) mass is 155 g/mol. The Kier molecular flexibility index (Phi) is 2.14. The molecule has 3 N–H and O–H groups in total. The highest BCUT2D eigenvalue weighted by Gasteiger charge is 2.03. The second-order valence-corrected chi connectivity index (χ2v) is 2.74. The third kappa shape index (κ3) is 1.94. The van der Waals surface area contributed by atoms with E-state index >= 15 is 0 Å². The standard InChI is InChI=1S/C7H13N3O/c1-5-3-7(8)9-10(5)4-6(2)11/h3,6,11H,4H2,1-2H3,(H2,8,9)/t6-/m1/s1. The zero-order chi connectivity index (χ0) is 8.43. The van der Waals surface area contributed by atoms with Gasteiger partial charge in [-0.15, -0.1) is 0 Å². The molecule has 0 radical (unpaired) electrons. The molecule has 62 valence electrons. The summed E-state index contributed by atoms with van der Waals surface area (Å²) in [5.74, 6) is 0.503. The number of nitrogens with zero attached hydrogens (tertiary/aromatic N) is 2. The lowest BCUT2D eigenvalue weighted by atomic mass is 10.4. The maximum absolute atomic E-state index is 9.04. The largest absolute Gasteiger partial charge is 0.391 e. The van der Waals surface area contributed by atoms with Gasteiger partial charge in [0.2, 0.25) is 0 Å². The van der Waals surface area contributed by atoms with E-state index in [2.05, 4.69) is 5.10 Å². The summed E-state index contributed by atoms with van der Waals surface area (Å²) >= 11 is 0. The molecule has 0 aromatic carbocycles. The first-order valence-electron chi connectivity index (χ1n) is 3.57. The fourth-order valence-electron chi connectivity index (χ4n) is 0.971. The van der Waals surface area contributed by atoms with Gasteiger partial charge in [0, 0.05) is 11.8 Å². The SMILES string of the molecule is Cc1cc(N)nn1C[C@@H](C)O. The predicted octanol–water partition coefficient (Wildman–Crippen LogP) is 0.155. The van der Waals surface area contributed by atoms with Crippen molar-refractivity contribution in [2.45, 2.75) is 26.5 Å². The zero-order valence-electron chi connectivity index (χ0n) is 6.78. The molecule has 1 rings (SSSR count). The summed E-state index contributed by atoms with van der Waals surface area (Å²) in [4.78, 5) is 0. The average molecular weight is 155 g/mol. The normalized spacial score (nSPS) is 13.4. The summed E-state index contributed by atoms with van der Waals surface area (Å²) in [6.45, 7) is 4.13. The maximum atomic E-state index is 9.04. The zero-order valence-corrected chi connectivity index (χ0v) is 6.78. The number of aryl methyl sites for hydroxylation is 1. The molecule has 0 aliphatic carbocycles. The van der Waals surface area contributed by atoms with Crippen LogP contribution in [-0.4, -0.2) is 21.0 Å². The Balaban J connectivity index is 2.77. The van der Waals surface area contributed by atoms with Crippen molar-refractivity contribution in [3.05, 3.63) is 11.8 Å². The van der Waals surface area contributed by atoms with Crippen LogP contribution in [0.3, 0.4) is 0 Å². The van der Waals surface area contributed by atoms with Crippen LogP contribution >= 0.6 is 0 Å². The van der Waals surface area contributed by atoms with Gasteiger partial charge in [-0.2, -0.15) is 5.10 Å². The van der Waals surface area contributed by atoms with Crippen molar-refractivity contribution in [1.29, 1.82) is 0 Å². The number of aromatic nitrogens is 2. The van der Waals surface area contributed by atoms with Gasteiger partial charge in [-0.1, -0.05) is 0 Å². The summed E-state index contributed by atoms with van der Waals surface area (Å²) < 4.78 is 1.69. The van der Waals surface area contributed by atoms with Crippen LogP contribution in [0.2, 0.25) is 0 Å². The van der Waals surface area contributed by atoms with Crippen LogP contribution in [0.25, 0.3) is 0 Å². The highest BCUT2D eigenvalue weighted by molar-refractivity contribution is 5.28. The summed E-state index contributed by atoms with van der Waals surface area (Å²) in [5, 5.41) is 13.0. The molecule has 1 atom stereocenters. The van der Waals surface area contributed by atoms with E-state index in [0.29, 0.717) is 12.4 Å². The van der Waals surface area contributed by atoms with E-state index in [9.17, 15) is 0 Å². The Morgan fingerprint density at radius 3 is 2.82 bits per heavy atom. The molecule has 0 spiro atoms. The van der Waals surface area contributed by atoms with Crippen molar-refractivity contribution in [2.24, 2.45) is 0 Å². The first-order valence-corrected chi connectivity index (χ1v) is 3.57. The molecule has 4 heteroatoms. The van der Waals surface area contributed by atoms with Crippen molar-refractivity contribution in [2.75, 3.05) is 5.73 Å². The minimum atomic E-state index is -0.381. The summed E-state index contributed by atoms with van der Waals surface area (Å²) in [5.41, 5.74) is 6.42. The van der Waals surface area contributed by atoms with E-state index in [-0.39, 0.29) is 6.10 Å². The third-order valence-corrected chi connectivity index (χ3v) is 1.44. The van der Waals surface area contributed by atoms with Gasteiger partial charge in [-0.25, -0.2) is 0 Å². The van der Waals surface area contributed by atoms with Crippen LogP contribution < -0.4 is 5.73 Å². The predicted molar refractivity (Wildman–Crippen MR) is 43.1 cm³/mol. The van der Waals surface area contributed by atoms with Crippen molar-refractivity contribution >= 4 is 5.82 Å². The molecule has 0 aliphatic rings. The number of anilines is 1. The highest BCUT2D eigenvalue weighted by atomic mass is 16.3. The van der Waals surface area contributed by atoms with Gasteiger partial charge in [-0.3, -0.25) is 4.68 Å². The van der Waals surface area contributed by atoms with Crippen LogP contribution in [0, 0.1) is 6.92 Å². The molecule has 0 amide bonds. The molecule has 1 aromatic heterocycles. The van der Waals surface area contributed by atoms with Crippen molar-refractivity contribution < 1.29 is 5.11 Å². The lowest BCUT2D eigenvalue weighted by Crippen LogP contribution is -2.14. The lowest BCUT2D eigenvalue weighted by Gasteiger charge is -2.05. The van der Waals surface area contributed by atoms with Gasteiger partial charge in [0.1, 0.15) is 5.82 Å². The summed E-state index contributed by atoms with van der Waals surface area (Å²) in [6.07, 6.45) is -0.381. The quantitative estimate of drug-likeness (QED) is 0.639. The molecule has 0 saturated carbocycles. The first-order chi connectivity index (χ1) is 5.09. The number of rotatable bonds is 2. The second kappa shape index (κ2) is 2.92. The van der Waals surface area contributed by atoms with Gasteiger partial charge in [0.05, 0.1) is 12.6 Å². The molecule has 0 fully saturated rings. The number of nitrogens with two attached hydrogens (primary N) is 1. The Labute approximate surface area is 65.6 Å². The number of hydrogen-bond donors (Lipinski definition) is 2. The first kappa shape index (κ1) is 8.07. The molecular weight excluding hydrogens is 142 g/mol. The van der Waals surface area contributed by atoms with Crippen LogP contribution in [0.15, 0.2) is 6.07 Å². The van der Waals surface area contributed by atoms with Crippen molar-refractivity contribution in [3.63, 3.8) is 0 Å². The topological polar surface area (TPSA) is 64.1 Å². The number of hydrogen-bond acceptors (Lipinski definition) is 3. The van der Waals surface area contributed by atoms with Crippen LogP contribution in [0.1, 0.15) is 12.6 Å². The van der Waals surface area contributed by atoms with E-state index in [1.54, 1.807) is 17.7 Å². The van der Waals surface area contributed by atoms with Gasteiger partial charge in [-0.05, 0) is 13.8 Å². The minimum absolute atomic E-state index is 0.381. The van der Waals surface area contributed by atoms with Crippen LogP contribution in [0.4, 0.5) is 5.82 Å². The molecule has 0 aliphatic heterocycles. The van der Waals surface area contributed by atoms with E-state index < -0.39 is 0 Å². The molecular formula is C7H13N3O. The summed E-state index contributed by atoms with van der Waals surface area (Å²) in [7, 11) is 0. The van der Waals surface area contributed by atoms with E-state index in [4.69, 9.17) is 10.8 Å². The third-order valence-electron chi connectivity index (χ3n) is 1.44. The van der Waals surface area contributed by atoms with E-state index in [0.717, 1.165) is 5.69 Å². The minimum Gasteiger partial charge on any atom is -0.391 e. The number of aliphatic hydroxyl groups excluding tert-OH is 1. The Morgan fingerprint density at radius 1 is 1.82 bits per heavy atom. The average Bonchev–Trinajstić information content (AvgIpc) is 2.09. The fourth-order valence-corrected chi connectivity index (χ4v) is 0.971. The molecule has 1 aromatic rings. The smallest absolute Gasteiger partial charge is 0.145 e. The maximum Gasteiger partial charge on any atom is 0.145 e. The highest BCUT2D eigenvalue weighted by Crippen LogP contribution is 2.04. The van der Waals surface area contributed by atoms with Crippen LogP contribution in [-0.2, 0) is 6.54 Å². The molecule has 0 unspecified atom stereocenters. The van der Waals surface area contributed by atoms with Gasteiger partial charge in [0.25, 0.3) is 0 Å². The van der Waals surface area contributed by atoms with Gasteiger partial charge >= 0.3 is 0 Å². The van der Waals surface area contributed by atoms with Gasteiger partial charge < -0.3 is 10.8 Å². The van der Waals surface area contributed by atoms with Crippen molar-refractivity contribution in [1.82, 2.24) is 9.78 Å². The number of nitrogen functional groups attached to an aromatic ring is 1. The van der Waals surface area contributed by atoms with Crippen LogP contribution in [0.5, 0.6) is 0 Å².